The third-order valence-corrected chi connectivity index (χ3v) is 10.1. The molecule has 0 aromatic heterocycles. The van der Waals surface area contributed by atoms with Gasteiger partial charge in [-0.05, 0) is 47.8 Å². The highest BCUT2D eigenvalue weighted by molar-refractivity contribution is 7.92. The van der Waals surface area contributed by atoms with E-state index in [-0.39, 0.29) is 11.6 Å². The van der Waals surface area contributed by atoms with Crippen molar-refractivity contribution in [2.45, 2.75) is 64.8 Å². The van der Waals surface area contributed by atoms with E-state index >= 15 is 0 Å². The minimum absolute atomic E-state index is 0.0291. The Morgan fingerprint density at radius 1 is 1.31 bits per heavy atom. The molecular formula is C19H34N4O4SSi. The zero-order chi connectivity index (χ0) is 22.3. The predicted molar refractivity (Wildman–Crippen MR) is 120 cm³/mol. The zero-order valence-electron chi connectivity index (χ0n) is 18.5. The first-order valence-corrected chi connectivity index (χ1v) is 14.5. The van der Waals surface area contributed by atoms with Gasteiger partial charge >= 0.3 is 0 Å². The van der Waals surface area contributed by atoms with Crippen molar-refractivity contribution in [3.8, 4) is 5.75 Å². The smallest absolute Gasteiger partial charge is 0.229 e. The van der Waals surface area contributed by atoms with Crippen molar-refractivity contribution >= 4 is 24.0 Å². The average molecular weight is 443 g/mol. The van der Waals surface area contributed by atoms with E-state index < -0.39 is 24.4 Å². The van der Waals surface area contributed by atoms with Crippen molar-refractivity contribution in [1.82, 2.24) is 0 Å². The van der Waals surface area contributed by atoms with Crippen LogP contribution in [0.5, 0.6) is 5.75 Å². The largest absolute Gasteiger partial charge is 0.491 e. The molecule has 0 radical (unpaired) electrons. The van der Waals surface area contributed by atoms with Crippen LogP contribution in [0, 0.1) is 0 Å². The molecule has 0 aliphatic carbocycles. The summed E-state index contributed by atoms with van der Waals surface area (Å²) < 4.78 is 38.4. The van der Waals surface area contributed by atoms with Crippen molar-refractivity contribution in [3.63, 3.8) is 0 Å². The normalized spacial score (nSPS) is 13.5. The standard InChI is InChI=1S/C19H34N4O4SSi/c1-8-9-12-26-17-11-10-15(13-16(17)22-28(5,24)25)18(14-21-23-20)27-29(6,7)19(2,3)4/h10-11,13,18,22H,8-9,12,14H2,1-7H3/t18-/m0/s1. The summed E-state index contributed by atoms with van der Waals surface area (Å²) in [7, 11) is -5.65. The number of azide groups is 1. The fourth-order valence-electron chi connectivity index (χ4n) is 2.33. The summed E-state index contributed by atoms with van der Waals surface area (Å²) >= 11 is 0. The number of hydrogen-bond donors (Lipinski definition) is 1. The molecule has 164 valence electrons. The zero-order valence-corrected chi connectivity index (χ0v) is 20.3. The molecule has 0 amide bonds. The summed E-state index contributed by atoms with van der Waals surface area (Å²) in [5.41, 5.74) is 9.88. The molecule has 8 nitrogen and oxygen atoms in total. The molecule has 0 saturated carbocycles. The molecule has 29 heavy (non-hydrogen) atoms. The number of unbranched alkanes of at least 4 members (excludes halogenated alkanes) is 1. The van der Waals surface area contributed by atoms with E-state index in [2.05, 4.69) is 55.5 Å². The Morgan fingerprint density at radius 2 is 1.97 bits per heavy atom. The number of anilines is 1. The second-order valence-electron chi connectivity index (χ2n) is 8.61. The van der Waals surface area contributed by atoms with Crippen LogP contribution in [0.2, 0.25) is 18.1 Å². The lowest BCUT2D eigenvalue weighted by atomic mass is 10.1. The summed E-state index contributed by atoms with van der Waals surface area (Å²) in [4.78, 5) is 2.87. The number of sulfonamides is 1. The Hall–Kier alpha value is -1.74. The van der Waals surface area contributed by atoms with Crippen LogP contribution >= 0.6 is 0 Å². The van der Waals surface area contributed by atoms with Crippen molar-refractivity contribution < 1.29 is 17.6 Å². The van der Waals surface area contributed by atoms with Gasteiger partial charge in [-0.3, -0.25) is 4.72 Å². The van der Waals surface area contributed by atoms with Gasteiger partial charge in [0.05, 0.1) is 31.2 Å². The first kappa shape index (κ1) is 25.3. The molecule has 1 rings (SSSR count). The van der Waals surface area contributed by atoms with Gasteiger partial charge in [0.1, 0.15) is 5.75 Å². The van der Waals surface area contributed by atoms with Gasteiger partial charge in [-0.25, -0.2) is 8.42 Å². The van der Waals surface area contributed by atoms with Crippen LogP contribution in [-0.4, -0.2) is 36.1 Å². The Labute approximate surface area is 175 Å². The van der Waals surface area contributed by atoms with Gasteiger partial charge in [-0.15, -0.1) is 0 Å². The second-order valence-corrected chi connectivity index (χ2v) is 15.1. The number of benzene rings is 1. The molecule has 1 aromatic rings. The monoisotopic (exact) mass is 442 g/mol. The number of nitrogens with one attached hydrogen (secondary N) is 1. The highest BCUT2D eigenvalue weighted by atomic mass is 32.2. The molecular weight excluding hydrogens is 408 g/mol. The predicted octanol–water partition coefficient (Wildman–Crippen LogP) is 5.61. The molecule has 0 unspecified atom stereocenters. The summed E-state index contributed by atoms with van der Waals surface area (Å²) in [6.07, 6.45) is 2.46. The number of rotatable bonds is 11. The third-order valence-electron chi connectivity index (χ3n) is 4.98. The van der Waals surface area contributed by atoms with Crippen LogP contribution in [0.1, 0.15) is 52.2 Å². The molecule has 0 aliphatic heterocycles. The fourth-order valence-corrected chi connectivity index (χ4v) is 4.17. The first-order chi connectivity index (χ1) is 13.3. The molecule has 1 atom stereocenters. The van der Waals surface area contributed by atoms with Crippen LogP contribution in [0.25, 0.3) is 10.4 Å². The van der Waals surface area contributed by atoms with Crippen LogP contribution < -0.4 is 9.46 Å². The van der Waals surface area contributed by atoms with Gasteiger partial charge in [-0.1, -0.05) is 45.3 Å². The maximum absolute atomic E-state index is 11.8. The Kier molecular flexibility index (Phi) is 9.01. The van der Waals surface area contributed by atoms with E-state index in [9.17, 15) is 8.42 Å². The van der Waals surface area contributed by atoms with Gasteiger partial charge in [0, 0.05) is 4.91 Å². The molecule has 0 heterocycles. The van der Waals surface area contributed by atoms with E-state index in [4.69, 9.17) is 14.7 Å². The SMILES string of the molecule is CCCCOc1ccc([C@H](CN=[N+]=[N-])O[Si](C)(C)C(C)(C)C)cc1NS(C)(=O)=O. The molecule has 0 spiro atoms. The summed E-state index contributed by atoms with van der Waals surface area (Å²) in [6, 6.07) is 5.27. The van der Waals surface area contributed by atoms with Crippen molar-refractivity contribution in [2.75, 3.05) is 24.1 Å². The van der Waals surface area contributed by atoms with Crippen molar-refractivity contribution in [3.05, 3.63) is 34.2 Å². The second kappa shape index (κ2) is 10.3. The van der Waals surface area contributed by atoms with Gasteiger partial charge in [0.25, 0.3) is 0 Å². The third kappa shape index (κ3) is 8.26. The van der Waals surface area contributed by atoms with Gasteiger partial charge in [0.15, 0.2) is 8.32 Å². The number of nitrogens with zero attached hydrogens (tertiary/aromatic N) is 3. The highest BCUT2D eigenvalue weighted by Gasteiger charge is 2.39. The first-order valence-electron chi connectivity index (χ1n) is 9.74. The van der Waals surface area contributed by atoms with E-state index in [0.29, 0.717) is 18.0 Å². The lowest BCUT2D eigenvalue weighted by Gasteiger charge is -2.39. The van der Waals surface area contributed by atoms with Crippen molar-refractivity contribution in [2.24, 2.45) is 5.11 Å². The van der Waals surface area contributed by atoms with Crippen LogP contribution in [0.3, 0.4) is 0 Å². The highest BCUT2D eigenvalue weighted by Crippen LogP contribution is 2.40. The number of hydrogen-bond acceptors (Lipinski definition) is 5. The summed E-state index contributed by atoms with van der Waals surface area (Å²) in [5, 5.41) is 3.68. The van der Waals surface area contributed by atoms with Gasteiger partial charge in [-0.2, -0.15) is 0 Å². The molecule has 1 N–H and O–H groups in total. The number of ether oxygens (including phenoxy) is 1. The lowest BCUT2D eigenvalue weighted by Crippen LogP contribution is -2.42. The topological polar surface area (TPSA) is 113 Å². The molecule has 0 fully saturated rings. The maximum atomic E-state index is 11.8. The summed E-state index contributed by atoms with van der Waals surface area (Å²) in [5.74, 6) is 0.461. The lowest BCUT2D eigenvalue weighted by molar-refractivity contribution is 0.191. The Bertz CT molecular complexity index is 831. The van der Waals surface area contributed by atoms with E-state index in [1.54, 1.807) is 12.1 Å². The van der Waals surface area contributed by atoms with Crippen LogP contribution in [-0.2, 0) is 14.4 Å². The molecule has 0 saturated heterocycles. The Balaban J connectivity index is 3.33. The molecule has 0 bridgehead atoms. The van der Waals surface area contributed by atoms with Crippen molar-refractivity contribution in [1.29, 1.82) is 0 Å². The molecule has 1 aromatic carbocycles. The minimum Gasteiger partial charge on any atom is -0.491 e. The Morgan fingerprint density at radius 3 is 2.48 bits per heavy atom. The minimum atomic E-state index is -3.49. The molecule has 10 heteroatoms. The average Bonchev–Trinajstić information content (AvgIpc) is 2.57. The van der Waals surface area contributed by atoms with E-state index in [0.717, 1.165) is 24.7 Å². The van der Waals surface area contributed by atoms with Crippen LogP contribution in [0.4, 0.5) is 5.69 Å². The van der Waals surface area contributed by atoms with Gasteiger partial charge < -0.3 is 9.16 Å². The summed E-state index contributed by atoms with van der Waals surface area (Å²) in [6.45, 7) is 13.3. The fraction of sp³-hybridized carbons (Fsp3) is 0.684. The van der Waals surface area contributed by atoms with Gasteiger partial charge in [0.2, 0.25) is 10.0 Å². The van der Waals surface area contributed by atoms with E-state index in [1.165, 1.54) is 0 Å². The molecule has 0 aliphatic rings. The van der Waals surface area contributed by atoms with Crippen LogP contribution in [0.15, 0.2) is 23.3 Å². The maximum Gasteiger partial charge on any atom is 0.229 e. The quantitative estimate of drug-likeness (QED) is 0.158. The van der Waals surface area contributed by atoms with E-state index in [1.807, 2.05) is 6.07 Å².